The number of ether oxygens (including phenoxy) is 1. The van der Waals surface area contributed by atoms with Crippen molar-refractivity contribution >= 4 is 11.8 Å². The predicted molar refractivity (Wildman–Crippen MR) is 107 cm³/mol. The van der Waals surface area contributed by atoms with Crippen LogP contribution >= 0.6 is 0 Å². The molecule has 2 aromatic carbocycles. The van der Waals surface area contributed by atoms with Gasteiger partial charge in [-0.3, -0.25) is 14.6 Å². The maximum Gasteiger partial charge on any atom is 0.419 e. The lowest BCUT2D eigenvalue weighted by Crippen LogP contribution is -2.27. The number of carbonyl (C=O) groups excluding carboxylic acids is 2. The molecule has 0 bridgehead atoms. The molecule has 0 spiro atoms. The molecule has 3 rings (SSSR count). The minimum atomic E-state index is -4.90. The van der Waals surface area contributed by atoms with Gasteiger partial charge in [-0.25, -0.2) is 4.39 Å². The smallest absolute Gasteiger partial charge is 0.419 e. The van der Waals surface area contributed by atoms with Gasteiger partial charge in [0.2, 0.25) is 0 Å². The first-order valence-electron chi connectivity index (χ1n) is 9.31. The fourth-order valence-corrected chi connectivity index (χ4v) is 2.85. The molecular formula is C22H17F4N3O3. The first-order valence-corrected chi connectivity index (χ1v) is 9.31. The van der Waals surface area contributed by atoms with E-state index in [1.165, 1.54) is 12.3 Å². The summed E-state index contributed by atoms with van der Waals surface area (Å²) in [6.07, 6.45) is -3.21. The van der Waals surface area contributed by atoms with Crippen molar-refractivity contribution in [2.75, 3.05) is 6.54 Å². The number of aromatic nitrogens is 1. The summed E-state index contributed by atoms with van der Waals surface area (Å²) >= 11 is 0. The standard InChI is InChI=1S/C22H17F4N3O3/c23-19-16(5-2-6-17(19)22(24,25)26)21(31)29-9-7-13-3-1-4-14(11-13)32-15-8-10-28-18(12-15)20(27)30/h1-6,8,10-12H,7,9H2,(H2,27,30)(H,29,31). The number of amides is 2. The third kappa shape index (κ3) is 5.60. The quantitative estimate of drug-likeness (QED) is 0.533. The summed E-state index contributed by atoms with van der Waals surface area (Å²) < 4.78 is 58.2. The minimum Gasteiger partial charge on any atom is -0.457 e. The lowest BCUT2D eigenvalue weighted by atomic mass is 10.1. The van der Waals surface area contributed by atoms with E-state index in [1.54, 1.807) is 30.3 Å². The minimum absolute atomic E-state index is 0.0446. The average Bonchev–Trinajstić information content (AvgIpc) is 2.73. The van der Waals surface area contributed by atoms with Gasteiger partial charge in [-0.2, -0.15) is 13.2 Å². The Balaban J connectivity index is 1.62. The molecule has 3 N–H and O–H groups in total. The summed E-state index contributed by atoms with van der Waals surface area (Å²) in [6.45, 7) is 0.0546. The highest BCUT2D eigenvalue weighted by Gasteiger charge is 2.35. The zero-order chi connectivity index (χ0) is 23.3. The lowest BCUT2D eigenvalue weighted by molar-refractivity contribution is -0.140. The molecule has 0 saturated carbocycles. The summed E-state index contributed by atoms with van der Waals surface area (Å²) in [7, 11) is 0. The van der Waals surface area contributed by atoms with Gasteiger partial charge in [-0.15, -0.1) is 0 Å². The molecule has 0 saturated heterocycles. The van der Waals surface area contributed by atoms with Crippen molar-refractivity contribution in [1.82, 2.24) is 10.3 Å². The first kappa shape index (κ1) is 22.7. The van der Waals surface area contributed by atoms with Crippen LogP contribution in [0.2, 0.25) is 0 Å². The van der Waals surface area contributed by atoms with Gasteiger partial charge in [0.25, 0.3) is 11.8 Å². The Morgan fingerprint density at radius 3 is 2.47 bits per heavy atom. The highest BCUT2D eigenvalue weighted by Crippen LogP contribution is 2.32. The molecule has 166 valence electrons. The maximum atomic E-state index is 14.1. The SMILES string of the molecule is NC(=O)c1cc(Oc2cccc(CCNC(=O)c3cccc(C(F)(F)F)c3F)c2)ccn1. The van der Waals surface area contributed by atoms with E-state index in [0.29, 0.717) is 24.0 Å². The Bertz CT molecular complexity index is 1150. The number of nitrogens with two attached hydrogens (primary N) is 1. The molecule has 0 radical (unpaired) electrons. The zero-order valence-electron chi connectivity index (χ0n) is 16.4. The average molecular weight is 447 g/mol. The normalized spacial score (nSPS) is 11.1. The Morgan fingerprint density at radius 1 is 1.03 bits per heavy atom. The molecule has 1 heterocycles. The van der Waals surface area contributed by atoms with Crippen LogP contribution in [-0.4, -0.2) is 23.3 Å². The van der Waals surface area contributed by atoms with Gasteiger partial charge in [0.05, 0.1) is 11.1 Å². The van der Waals surface area contributed by atoms with Gasteiger partial charge < -0.3 is 15.8 Å². The van der Waals surface area contributed by atoms with Gasteiger partial charge in [0.15, 0.2) is 0 Å². The van der Waals surface area contributed by atoms with Crippen LogP contribution in [0.15, 0.2) is 60.8 Å². The predicted octanol–water partition coefficient (Wildman–Crippen LogP) is 4.10. The maximum absolute atomic E-state index is 14.1. The molecule has 0 aliphatic rings. The Kier molecular flexibility index (Phi) is 6.72. The third-order valence-corrected chi connectivity index (χ3v) is 4.37. The molecule has 0 fully saturated rings. The van der Waals surface area contributed by atoms with Crippen molar-refractivity contribution in [2.24, 2.45) is 5.73 Å². The van der Waals surface area contributed by atoms with Crippen LogP contribution in [0.3, 0.4) is 0 Å². The van der Waals surface area contributed by atoms with E-state index in [4.69, 9.17) is 10.5 Å². The number of nitrogens with one attached hydrogen (secondary N) is 1. The number of halogens is 4. The lowest BCUT2D eigenvalue weighted by Gasteiger charge is -2.12. The van der Waals surface area contributed by atoms with Crippen molar-refractivity contribution < 1.29 is 31.9 Å². The number of alkyl halides is 3. The van der Waals surface area contributed by atoms with Crippen LogP contribution in [-0.2, 0) is 12.6 Å². The van der Waals surface area contributed by atoms with E-state index in [2.05, 4.69) is 10.3 Å². The molecule has 0 unspecified atom stereocenters. The number of pyridine rings is 1. The fourth-order valence-electron chi connectivity index (χ4n) is 2.85. The highest BCUT2D eigenvalue weighted by molar-refractivity contribution is 5.94. The number of benzene rings is 2. The number of carbonyl (C=O) groups is 2. The second kappa shape index (κ2) is 9.46. The van der Waals surface area contributed by atoms with Crippen molar-refractivity contribution in [1.29, 1.82) is 0 Å². The summed E-state index contributed by atoms with van der Waals surface area (Å²) in [5.41, 5.74) is 3.81. The molecule has 0 aliphatic heterocycles. The molecular weight excluding hydrogens is 430 g/mol. The van der Waals surface area contributed by atoms with Crippen LogP contribution < -0.4 is 15.8 Å². The van der Waals surface area contributed by atoms with Crippen molar-refractivity contribution in [3.63, 3.8) is 0 Å². The first-order chi connectivity index (χ1) is 15.1. The Labute approximate surface area is 180 Å². The molecule has 0 aliphatic carbocycles. The van der Waals surface area contributed by atoms with Gasteiger partial charge in [-0.05, 0) is 42.3 Å². The van der Waals surface area contributed by atoms with Gasteiger partial charge >= 0.3 is 6.18 Å². The number of rotatable bonds is 7. The van der Waals surface area contributed by atoms with E-state index in [9.17, 15) is 27.2 Å². The topological polar surface area (TPSA) is 94.3 Å². The van der Waals surface area contributed by atoms with Gasteiger partial charge in [0, 0.05) is 18.8 Å². The Morgan fingerprint density at radius 2 is 1.75 bits per heavy atom. The summed E-state index contributed by atoms with van der Waals surface area (Å²) in [4.78, 5) is 27.2. The largest absolute Gasteiger partial charge is 0.457 e. The van der Waals surface area contributed by atoms with Crippen LogP contribution in [0.1, 0.15) is 32.0 Å². The van der Waals surface area contributed by atoms with E-state index < -0.39 is 34.9 Å². The van der Waals surface area contributed by atoms with E-state index in [0.717, 1.165) is 17.7 Å². The van der Waals surface area contributed by atoms with E-state index in [1.807, 2.05) is 0 Å². The van der Waals surface area contributed by atoms with Gasteiger partial charge in [-0.1, -0.05) is 18.2 Å². The number of hydrogen-bond donors (Lipinski definition) is 2. The van der Waals surface area contributed by atoms with Crippen LogP contribution in [0.25, 0.3) is 0 Å². The number of hydrogen-bond acceptors (Lipinski definition) is 4. The zero-order valence-corrected chi connectivity index (χ0v) is 16.4. The summed E-state index contributed by atoms with van der Waals surface area (Å²) in [5, 5.41) is 2.41. The van der Waals surface area contributed by atoms with E-state index >= 15 is 0 Å². The molecule has 3 aromatic rings. The van der Waals surface area contributed by atoms with Crippen molar-refractivity contribution in [3.8, 4) is 11.5 Å². The van der Waals surface area contributed by atoms with Crippen molar-refractivity contribution in [2.45, 2.75) is 12.6 Å². The van der Waals surface area contributed by atoms with Crippen LogP contribution in [0.4, 0.5) is 17.6 Å². The van der Waals surface area contributed by atoms with Crippen LogP contribution in [0, 0.1) is 5.82 Å². The fraction of sp³-hybridized carbons (Fsp3) is 0.136. The summed E-state index contributed by atoms with van der Waals surface area (Å²) in [6, 6.07) is 12.3. The third-order valence-electron chi connectivity index (χ3n) is 4.37. The molecule has 0 atom stereocenters. The Hall–Kier alpha value is -3.95. The second-order valence-electron chi connectivity index (χ2n) is 6.66. The molecule has 2 amide bonds. The number of primary amides is 1. The number of nitrogens with zero attached hydrogens (tertiary/aromatic N) is 1. The van der Waals surface area contributed by atoms with Gasteiger partial charge in [0.1, 0.15) is 23.0 Å². The monoisotopic (exact) mass is 447 g/mol. The molecule has 32 heavy (non-hydrogen) atoms. The molecule has 10 heteroatoms. The van der Waals surface area contributed by atoms with Crippen molar-refractivity contribution in [3.05, 3.63) is 89.0 Å². The molecule has 6 nitrogen and oxygen atoms in total. The second-order valence-corrected chi connectivity index (χ2v) is 6.66. The highest BCUT2D eigenvalue weighted by atomic mass is 19.4. The van der Waals surface area contributed by atoms with E-state index in [-0.39, 0.29) is 12.2 Å². The van der Waals surface area contributed by atoms with Crippen LogP contribution in [0.5, 0.6) is 11.5 Å². The summed E-state index contributed by atoms with van der Waals surface area (Å²) in [5.74, 6) is -2.46. The molecule has 1 aromatic heterocycles.